The lowest BCUT2D eigenvalue weighted by Crippen LogP contribution is -2.24. The molecule has 2 nitrogen and oxygen atoms in total. The predicted molar refractivity (Wildman–Crippen MR) is 66.8 cm³/mol. The van der Waals surface area contributed by atoms with Gasteiger partial charge in [-0.1, -0.05) is 0 Å². The fourth-order valence-corrected chi connectivity index (χ4v) is 1.98. The Morgan fingerprint density at radius 3 is 2.76 bits per heavy atom. The maximum atomic E-state index is 13.6. The van der Waals surface area contributed by atoms with Crippen LogP contribution >= 0.6 is 15.9 Å². The van der Waals surface area contributed by atoms with Gasteiger partial charge >= 0.3 is 0 Å². The Labute approximate surface area is 108 Å². The van der Waals surface area contributed by atoms with E-state index in [9.17, 15) is 8.78 Å². The number of hydrogen-bond donors (Lipinski definition) is 1. The van der Waals surface area contributed by atoms with Crippen molar-refractivity contribution in [1.29, 1.82) is 0 Å². The van der Waals surface area contributed by atoms with E-state index in [1.165, 1.54) is 12.1 Å². The summed E-state index contributed by atoms with van der Waals surface area (Å²) in [6.45, 7) is 0.608. The summed E-state index contributed by atoms with van der Waals surface area (Å²) in [7, 11) is 1.61. The number of methoxy groups -OCH3 is 1. The molecule has 2 N–H and O–H groups in total. The van der Waals surface area contributed by atoms with Crippen molar-refractivity contribution < 1.29 is 13.5 Å². The molecule has 96 valence electrons. The molecule has 1 aromatic rings. The third-order valence-electron chi connectivity index (χ3n) is 2.53. The Bertz CT molecular complexity index is 374. The zero-order valence-corrected chi connectivity index (χ0v) is 11.3. The summed E-state index contributed by atoms with van der Waals surface area (Å²) in [5.74, 6) is -1.11. The van der Waals surface area contributed by atoms with Gasteiger partial charge in [0.25, 0.3) is 0 Å². The number of rotatable bonds is 6. The van der Waals surface area contributed by atoms with Crippen molar-refractivity contribution in [2.24, 2.45) is 5.73 Å². The zero-order chi connectivity index (χ0) is 12.8. The Morgan fingerprint density at radius 1 is 1.41 bits per heavy atom. The van der Waals surface area contributed by atoms with Crippen LogP contribution in [0.3, 0.4) is 0 Å². The number of nitrogens with two attached hydrogens (primary N) is 1. The van der Waals surface area contributed by atoms with E-state index in [-0.39, 0.29) is 22.5 Å². The molecule has 0 aromatic heterocycles. The quantitative estimate of drug-likeness (QED) is 0.647. The largest absolute Gasteiger partial charge is 0.385 e. The van der Waals surface area contributed by atoms with Crippen molar-refractivity contribution in [3.8, 4) is 0 Å². The molecule has 1 aromatic carbocycles. The number of hydrogen-bond acceptors (Lipinski definition) is 2. The van der Waals surface area contributed by atoms with Crippen LogP contribution in [0.5, 0.6) is 0 Å². The Morgan fingerprint density at radius 2 is 2.12 bits per heavy atom. The molecule has 5 heteroatoms. The minimum absolute atomic E-state index is 0.0456. The first-order valence-electron chi connectivity index (χ1n) is 5.43. The van der Waals surface area contributed by atoms with Crippen molar-refractivity contribution in [1.82, 2.24) is 0 Å². The first kappa shape index (κ1) is 14.5. The van der Waals surface area contributed by atoms with Crippen molar-refractivity contribution in [2.75, 3.05) is 13.7 Å². The van der Waals surface area contributed by atoms with Crippen LogP contribution in [0.25, 0.3) is 0 Å². The topological polar surface area (TPSA) is 35.2 Å². The third kappa shape index (κ3) is 4.33. The van der Waals surface area contributed by atoms with Gasteiger partial charge in [0.15, 0.2) is 0 Å². The molecule has 0 saturated carbocycles. The van der Waals surface area contributed by atoms with Crippen molar-refractivity contribution >= 4 is 15.9 Å². The van der Waals surface area contributed by atoms with E-state index in [4.69, 9.17) is 10.5 Å². The highest BCUT2D eigenvalue weighted by molar-refractivity contribution is 9.10. The molecule has 0 saturated heterocycles. The van der Waals surface area contributed by atoms with E-state index in [0.717, 1.165) is 6.42 Å². The van der Waals surface area contributed by atoms with Gasteiger partial charge in [0, 0.05) is 25.3 Å². The summed E-state index contributed by atoms with van der Waals surface area (Å²) < 4.78 is 32.2. The van der Waals surface area contributed by atoms with Gasteiger partial charge in [-0.15, -0.1) is 0 Å². The molecule has 0 aliphatic rings. The van der Waals surface area contributed by atoms with Crippen LogP contribution in [-0.2, 0) is 11.2 Å². The number of halogens is 3. The lowest BCUT2D eigenvalue weighted by atomic mass is 10.0. The lowest BCUT2D eigenvalue weighted by molar-refractivity contribution is 0.190. The summed E-state index contributed by atoms with van der Waals surface area (Å²) in [6, 6.07) is 2.33. The molecule has 0 radical (unpaired) electrons. The second-order valence-corrected chi connectivity index (χ2v) is 4.78. The van der Waals surface area contributed by atoms with Gasteiger partial charge in [0.2, 0.25) is 0 Å². The van der Waals surface area contributed by atoms with Gasteiger partial charge in [0.05, 0.1) is 4.47 Å². The molecule has 0 aliphatic carbocycles. The lowest BCUT2D eigenvalue weighted by Gasteiger charge is -2.13. The Balaban J connectivity index is 2.64. The zero-order valence-electron chi connectivity index (χ0n) is 9.68. The van der Waals surface area contributed by atoms with Crippen LogP contribution in [-0.4, -0.2) is 19.8 Å². The molecule has 1 rings (SSSR count). The summed E-state index contributed by atoms with van der Waals surface area (Å²) in [4.78, 5) is 0. The highest BCUT2D eigenvalue weighted by Gasteiger charge is 2.15. The maximum absolute atomic E-state index is 13.6. The summed E-state index contributed by atoms with van der Waals surface area (Å²) in [6.07, 6.45) is 1.66. The SMILES string of the molecule is COCCCC(N)Cc1c(F)ccc(Br)c1F. The highest BCUT2D eigenvalue weighted by Crippen LogP contribution is 2.23. The van der Waals surface area contributed by atoms with Gasteiger partial charge in [0.1, 0.15) is 11.6 Å². The van der Waals surface area contributed by atoms with Crippen LogP contribution in [0.1, 0.15) is 18.4 Å². The number of ether oxygens (including phenoxy) is 1. The highest BCUT2D eigenvalue weighted by atomic mass is 79.9. The molecule has 0 aliphatic heterocycles. The third-order valence-corrected chi connectivity index (χ3v) is 3.14. The summed E-state index contributed by atoms with van der Waals surface area (Å²) >= 11 is 3.03. The van der Waals surface area contributed by atoms with Crippen LogP contribution in [0, 0.1) is 11.6 Å². The first-order valence-corrected chi connectivity index (χ1v) is 6.22. The minimum Gasteiger partial charge on any atom is -0.385 e. The fraction of sp³-hybridized carbons (Fsp3) is 0.500. The van der Waals surface area contributed by atoms with E-state index in [1.54, 1.807) is 7.11 Å². The first-order chi connectivity index (χ1) is 8.06. The predicted octanol–water partition coefficient (Wildman–Crippen LogP) is 3.02. The molecule has 17 heavy (non-hydrogen) atoms. The Hall–Kier alpha value is -0.520. The van der Waals surface area contributed by atoms with Crippen LogP contribution < -0.4 is 5.73 Å². The monoisotopic (exact) mass is 307 g/mol. The van der Waals surface area contributed by atoms with Crippen molar-refractivity contribution in [3.63, 3.8) is 0 Å². The molecule has 1 atom stereocenters. The van der Waals surface area contributed by atoms with Gasteiger partial charge < -0.3 is 10.5 Å². The normalized spacial score (nSPS) is 12.8. The number of benzene rings is 1. The minimum atomic E-state index is -0.563. The molecule has 0 heterocycles. The summed E-state index contributed by atoms with van der Waals surface area (Å²) in [5.41, 5.74) is 5.88. The van der Waals surface area contributed by atoms with Gasteiger partial charge in [-0.05, 0) is 47.3 Å². The van der Waals surface area contributed by atoms with Crippen molar-refractivity contribution in [3.05, 3.63) is 33.8 Å². The van der Waals surface area contributed by atoms with Crippen LogP contribution in [0.4, 0.5) is 8.78 Å². The smallest absolute Gasteiger partial charge is 0.143 e. The molecule has 0 fully saturated rings. The average molecular weight is 308 g/mol. The molecule has 0 spiro atoms. The van der Waals surface area contributed by atoms with E-state index in [1.807, 2.05) is 0 Å². The second-order valence-electron chi connectivity index (χ2n) is 3.92. The van der Waals surface area contributed by atoms with Gasteiger partial charge in [-0.25, -0.2) is 8.78 Å². The molecular weight excluding hydrogens is 292 g/mol. The van der Waals surface area contributed by atoms with E-state index >= 15 is 0 Å². The van der Waals surface area contributed by atoms with Crippen LogP contribution in [0.2, 0.25) is 0 Å². The van der Waals surface area contributed by atoms with E-state index < -0.39 is 11.6 Å². The van der Waals surface area contributed by atoms with Crippen LogP contribution in [0.15, 0.2) is 16.6 Å². The van der Waals surface area contributed by atoms with E-state index in [0.29, 0.717) is 13.0 Å². The van der Waals surface area contributed by atoms with E-state index in [2.05, 4.69) is 15.9 Å². The fourth-order valence-electron chi connectivity index (χ4n) is 1.61. The summed E-state index contributed by atoms with van der Waals surface area (Å²) in [5, 5.41) is 0. The molecular formula is C12H16BrF2NO. The molecule has 1 unspecified atom stereocenters. The standard InChI is InChI=1S/C12H16BrF2NO/c1-17-6-2-3-8(16)7-9-11(14)5-4-10(13)12(9)15/h4-5,8H,2-3,6-7,16H2,1H3. The average Bonchev–Trinajstić information content (AvgIpc) is 2.30. The van der Waals surface area contributed by atoms with Crippen molar-refractivity contribution in [2.45, 2.75) is 25.3 Å². The molecule has 0 amide bonds. The molecule has 0 bridgehead atoms. The maximum Gasteiger partial charge on any atom is 0.143 e. The Kier molecular flexibility index (Phi) is 6.02. The second kappa shape index (κ2) is 7.03. The van der Waals surface area contributed by atoms with Gasteiger partial charge in [-0.2, -0.15) is 0 Å². The van der Waals surface area contributed by atoms with Gasteiger partial charge in [-0.3, -0.25) is 0 Å².